The molecule has 2 bridgehead atoms. The maximum absolute atomic E-state index is 12.9. The summed E-state index contributed by atoms with van der Waals surface area (Å²) in [6.45, 7) is 3.86. The Morgan fingerprint density at radius 1 is 1.27 bits per heavy atom. The molecule has 5 heteroatoms. The summed E-state index contributed by atoms with van der Waals surface area (Å²) in [5.74, 6) is -2.04. The number of amides is 1. The van der Waals surface area contributed by atoms with Crippen molar-refractivity contribution in [3.05, 3.63) is 35.6 Å². The molecule has 2 atom stereocenters. The van der Waals surface area contributed by atoms with Crippen LogP contribution >= 0.6 is 0 Å². The standard InChI is InChI=1S/C17H18FNO3/c1-16(2)12-7-8-17(16,14(21)13(12)20)15(22)19-9-10-3-5-11(18)6-4-10/h3-6,12H,7-9H2,1-2H3,(H,19,22)/t12-,17+/m0/s1. The van der Waals surface area contributed by atoms with Crippen LogP contribution in [0.25, 0.3) is 0 Å². The van der Waals surface area contributed by atoms with Gasteiger partial charge in [-0.05, 0) is 36.0 Å². The highest BCUT2D eigenvalue weighted by atomic mass is 19.1. The van der Waals surface area contributed by atoms with Gasteiger partial charge in [-0.2, -0.15) is 0 Å². The third kappa shape index (κ3) is 1.77. The van der Waals surface area contributed by atoms with Crippen LogP contribution in [-0.2, 0) is 20.9 Å². The van der Waals surface area contributed by atoms with Crippen molar-refractivity contribution in [2.75, 3.05) is 0 Å². The van der Waals surface area contributed by atoms with Gasteiger partial charge in [-0.3, -0.25) is 14.4 Å². The zero-order valence-electron chi connectivity index (χ0n) is 12.6. The highest BCUT2D eigenvalue weighted by molar-refractivity contribution is 6.47. The molecule has 0 saturated heterocycles. The molecule has 0 spiro atoms. The predicted molar refractivity (Wildman–Crippen MR) is 77.2 cm³/mol. The smallest absolute Gasteiger partial charge is 0.235 e. The number of halogens is 1. The van der Waals surface area contributed by atoms with Crippen LogP contribution in [0.2, 0.25) is 0 Å². The molecular formula is C17H18FNO3. The Balaban J connectivity index is 1.81. The van der Waals surface area contributed by atoms with Crippen LogP contribution in [-0.4, -0.2) is 17.5 Å². The summed E-state index contributed by atoms with van der Waals surface area (Å²) in [5.41, 5.74) is -1.14. The van der Waals surface area contributed by atoms with E-state index in [0.717, 1.165) is 5.56 Å². The van der Waals surface area contributed by atoms with Gasteiger partial charge in [0.2, 0.25) is 17.5 Å². The molecule has 22 heavy (non-hydrogen) atoms. The molecule has 4 nitrogen and oxygen atoms in total. The third-order valence-electron chi connectivity index (χ3n) is 5.46. The summed E-state index contributed by atoms with van der Waals surface area (Å²) in [5, 5.41) is 2.75. The van der Waals surface area contributed by atoms with E-state index in [1.807, 2.05) is 13.8 Å². The van der Waals surface area contributed by atoms with E-state index in [1.54, 1.807) is 12.1 Å². The van der Waals surface area contributed by atoms with Gasteiger partial charge in [-0.1, -0.05) is 26.0 Å². The monoisotopic (exact) mass is 303 g/mol. The molecule has 1 N–H and O–H groups in total. The van der Waals surface area contributed by atoms with Gasteiger partial charge in [-0.15, -0.1) is 0 Å². The summed E-state index contributed by atoms with van der Waals surface area (Å²) in [6, 6.07) is 5.80. The Kier molecular flexibility index (Phi) is 3.20. The van der Waals surface area contributed by atoms with Gasteiger partial charge in [0.05, 0.1) is 0 Å². The highest BCUT2D eigenvalue weighted by Gasteiger charge is 2.72. The molecule has 116 valence electrons. The first-order valence-electron chi connectivity index (χ1n) is 7.42. The van der Waals surface area contributed by atoms with E-state index < -0.39 is 22.4 Å². The summed E-state index contributed by atoms with van der Waals surface area (Å²) in [6.07, 6.45) is 1.01. The van der Waals surface area contributed by atoms with Crippen molar-refractivity contribution in [1.29, 1.82) is 0 Å². The van der Waals surface area contributed by atoms with E-state index >= 15 is 0 Å². The van der Waals surface area contributed by atoms with Crippen LogP contribution in [0, 0.1) is 22.6 Å². The second kappa shape index (κ2) is 4.73. The van der Waals surface area contributed by atoms with Gasteiger partial charge in [0.25, 0.3) is 0 Å². The van der Waals surface area contributed by atoms with E-state index in [2.05, 4.69) is 5.32 Å². The molecule has 0 radical (unpaired) electrons. The predicted octanol–water partition coefficient (Wildman–Crippen LogP) is 2.02. The summed E-state index contributed by atoms with van der Waals surface area (Å²) in [4.78, 5) is 37.1. The number of Topliss-reactive ketones (excluding diaryl/α,β-unsaturated/α-hetero) is 2. The first-order valence-corrected chi connectivity index (χ1v) is 7.42. The number of carbonyl (C=O) groups excluding carboxylic acids is 3. The molecular weight excluding hydrogens is 285 g/mol. The SMILES string of the molecule is CC1(C)[C@H]2CC[C@]1(C(=O)NCc1ccc(F)cc1)C(=O)C2=O. The van der Waals surface area contributed by atoms with Crippen LogP contribution in [0.3, 0.4) is 0 Å². The summed E-state index contributed by atoms with van der Waals surface area (Å²) in [7, 11) is 0. The van der Waals surface area contributed by atoms with Crippen molar-refractivity contribution in [3.63, 3.8) is 0 Å². The molecule has 0 aromatic heterocycles. The Hall–Kier alpha value is -2.04. The fourth-order valence-electron chi connectivity index (χ4n) is 4.02. The van der Waals surface area contributed by atoms with Crippen molar-refractivity contribution in [3.8, 4) is 0 Å². The van der Waals surface area contributed by atoms with E-state index in [4.69, 9.17) is 0 Å². The van der Waals surface area contributed by atoms with Gasteiger partial charge >= 0.3 is 0 Å². The lowest BCUT2D eigenvalue weighted by Crippen LogP contribution is -2.50. The number of nitrogens with one attached hydrogen (secondary N) is 1. The summed E-state index contributed by atoms with van der Waals surface area (Å²) < 4.78 is 12.9. The normalized spacial score (nSPS) is 29.0. The second-order valence-corrected chi connectivity index (χ2v) is 6.72. The van der Waals surface area contributed by atoms with Crippen molar-refractivity contribution < 1.29 is 18.8 Å². The molecule has 3 rings (SSSR count). The first-order chi connectivity index (χ1) is 10.3. The molecule has 1 amide bonds. The van der Waals surface area contributed by atoms with Gasteiger partial charge in [0.1, 0.15) is 11.2 Å². The number of hydrogen-bond donors (Lipinski definition) is 1. The van der Waals surface area contributed by atoms with E-state index in [-0.39, 0.29) is 24.2 Å². The fourth-order valence-corrected chi connectivity index (χ4v) is 4.02. The topological polar surface area (TPSA) is 63.2 Å². The largest absolute Gasteiger partial charge is 0.351 e. The zero-order valence-corrected chi connectivity index (χ0v) is 12.6. The molecule has 2 saturated carbocycles. The van der Waals surface area contributed by atoms with Crippen molar-refractivity contribution in [2.45, 2.75) is 33.2 Å². The van der Waals surface area contributed by atoms with Gasteiger partial charge in [0, 0.05) is 12.5 Å². The van der Waals surface area contributed by atoms with Crippen molar-refractivity contribution >= 4 is 17.5 Å². The van der Waals surface area contributed by atoms with Crippen molar-refractivity contribution in [2.24, 2.45) is 16.7 Å². The Morgan fingerprint density at radius 2 is 1.91 bits per heavy atom. The molecule has 1 aromatic carbocycles. The average Bonchev–Trinajstić information content (AvgIpc) is 2.83. The molecule has 1 aromatic rings. The van der Waals surface area contributed by atoms with Gasteiger partial charge < -0.3 is 5.32 Å². The molecule has 2 aliphatic carbocycles. The third-order valence-corrected chi connectivity index (χ3v) is 5.46. The van der Waals surface area contributed by atoms with E-state index in [1.165, 1.54) is 12.1 Å². The van der Waals surface area contributed by atoms with Gasteiger partial charge in [-0.25, -0.2) is 4.39 Å². The number of fused-ring (bicyclic) bond motifs is 2. The molecule has 0 aliphatic heterocycles. The molecule has 2 aliphatic rings. The van der Waals surface area contributed by atoms with E-state index in [0.29, 0.717) is 12.8 Å². The minimum absolute atomic E-state index is 0.211. The average molecular weight is 303 g/mol. The van der Waals surface area contributed by atoms with E-state index in [9.17, 15) is 18.8 Å². The number of carbonyl (C=O) groups is 3. The number of rotatable bonds is 3. The molecule has 2 fully saturated rings. The maximum Gasteiger partial charge on any atom is 0.235 e. The van der Waals surface area contributed by atoms with Crippen molar-refractivity contribution in [1.82, 2.24) is 5.32 Å². The quantitative estimate of drug-likeness (QED) is 0.686. The first kappa shape index (κ1) is 14.9. The van der Waals surface area contributed by atoms with Crippen LogP contribution in [0.15, 0.2) is 24.3 Å². The Labute approximate surface area is 128 Å². The maximum atomic E-state index is 12.9. The van der Waals surface area contributed by atoms with Gasteiger partial charge in [0.15, 0.2) is 0 Å². The minimum Gasteiger partial charge on any atom is -0.351 e. The number of benzene rings is 1. The van der Waals surface area contributed by atoms with Crippen LogP contribution in [0.4, 0.5) is 4.39 Å². The lowest BCUT2D eigenvalue weighted by atomic mass is 9.68. The Morgan fingerprint density at radius 3 is 2.45 bits per heavy atom. The second-order valence-electron chi connectivity index (χ2n) is 6.72. The molecule has 0 unspecified atom stereocenters. The lowest BCUT2D eigenvalue weighted by Gasteiger charge is -2.33. The molecule has 0 heterocycles. The highest BCUT2D eigenvalue weighted by Crippen LogP contribution is 2.62. The summed E-state index contributed by atoms with van der Waals surface area (Å²) >= 11 is 0. The lowest BCUT2D eigenvalue weighted by molar-refractivity contribution is -0.149. The Bertz CT molecular complexity index is 665. The minimum atomic E-state index is -1.24. The number of ketones is 2. The van der Waals surface area contributed by atoms with Crippen LogP contribution in [0.1, 0.15) is 32.3 Å². The fraction of sp³-hybridized carbons (Fsp3) is 0.471. The van der Waals surface area contributed by atoms with Crippen LogP contribution < -0.4 is 5.32 Å². The van der Waals surface area contributed by atoms with Crippen LogP contribution in [0.5, 0.6) is 0 Å². The zero-order chi connectivity index (χ0) is 16.1. The number of hydrogen-bond acceptors (Lipinski definition) is 3.